The Labute approximate surface area is 82.8 Å². The van der Waals surface area contributed by atoms with Gasteiger partial charge < -0.3 is 9.88 Å². The molecule has 1 radical (unpaired) electrons. The van der Waals surface area contributed by atoms with Crippen LogP contribution in [0.1, 0.15) is 6.42 Å². The fourth-order valence-corrected chi connectivity index (χ4v) is 1.87. The number of imidazole rings is 1. The highest BCUT2D eigenvalue weighted by Crippen LogP contribution is 2.19. The van der Waals surface area contributed by atoms with Gasteiger partial charge in [-0.2, -0.15) is 0 Å². The maximum Gasteiger partial charge on any atom is 0.203 e. The Morgan fingerprint density at radius 3 is 3.00 bits per heavy atom. The first kappa shape index (κ1) is 7.85. The van der Waals surface area contributed by atoms with Crippen molar-refractivity contribution >= 4 is 17.0 Å². The normalized spacial score (nSPS) is 16.7. The van der Waals surface area contributed by atoms with Crippen LogP contribution >= 0.6 is 0 Å². The highest BCUT2D eigenvalue weighted by atomic mass is 15.3. The van der Waals surface area contributed by atoms with Gasteiger partial charge in [-0.1, -0.05) is 12.1 Å². The van der Waals surface area contributed by atoms with E-state index in [2.05, 4.69) is 27.4 Å². The zero-order valence-corrected chi connectivity index (χ0v) is 7.90. The summed E-state index contributed by atoms with van der Waals surface area (Å²) in [6.45, 7) is 2.10. The molecule has 1 aliphatic heterocycles. The van der Waals surface area contributed by atoms with Crippen molar-refractivity contribution in [3.8, 4) is 0 Å². The van der Waals surface area contributed by atoms with Crippen LogP contribution in [0, 0.1) is 6.42 Å². The Morgan fingerprint density at radius 1 is 1.29 bits per heavy atom. The largest absolute Gasteiger partial charge is 0.342 e. The Bertz CT molecular complexity index is 407. The van der Waals surface area contributed by atoms with E-state index in [0.717, 1.165) is 36.5 Å². The first-order valence-electron chi connectivity index (χ1n) is 4.95. The summed E-state index contributed by atoms with van der Waals surface area (Å²) in [5.74, 6) is 1.000. The smallest absolute Gasteiger partial charge is 0.203 e. The van der Waals surface area contributed by atoms with Gasteiger partial charge >= 0.3 is 0 Å². The van der Waals surface area contributed by atoms with Crippen LogP contribution in [0.5, 0.6) is 0 Å². The third kappa shape index (κ3) is 1.16. The Kier molecular flexibility index (Phi) is 1.69. The van der Waals surface area contributed by atoms with Gasteiger partial charge in [0.2, 0.25) is 5.95 Å². The van der Waals surface area contributed by atoms with Gasteiger partial charge in [-0.05, 0) is 25.0 Å². The van der Waals surface area contributed by atoms with Crippen LogP contribution in [0.3, 0.4) is 0 Å². The van der Waals surface area contributed by atoms with E-state index < -0.39 is 0 Å². The number of benzene rings is 1. The lowest BCUT2D eigenvalue weighted by Gasteiger charge is -2.12. The second-order valence-electron chi connectivity index (χ2n) is 3.60. The zero-order chi connectivity index (χ0) is 9.38. The number of hydrogen-bond donors (Lipinski definition) is 1. The average molecular weight is 186 g/mol. The van der Waals surface area contributed by atoms with Crippen LogP contribution in [0.2, 0.25) is 0 Å². The summed E-state index contributed by atoms with van der Waals surface area (Å²) in [5.41, 5.74) is 2.17. The van der Waals surface area contributed by atoms with E-state index in [4.69, 9.17) is 0 Å². The highest BCUT2D eigenvalue weighted by molar-refractivity contribution is 5.77. The van der Waals surface area contributed by atoms with Gasteiger partial charge in [-0.15, -0.1) is 0 Å². The van der Waals surface area contributed by atoms with E-state index in [1.165, 1.54) is 0 Å². The summed E-state index contributed by atoms with van der Waals surface area (Å²) in [5, 5.41) is 0. The molecule has 3 rings (SSSR count). The fourth-order valence-electron chi connectivity index (χ4n) is 1.87. The number of para-hydroxylation sites is 2. The van der Waals surface area contributed by atoms with E-state index in [9.17, 15) is 0 Å². The number of rotatable bonds is 1. The zero-order valence-electron chi connectivity index (χ0n) is 7.90. The summed E-state index contributed by atoms with van der Waals surface area (Å²) in [6, 6.07) is 8.14. The highest BCUT2D eigenvalue weighted by Gasteiger charge is 2.15. The average Bonchev–Trinajstić information content (AvgIpc) is 2.86. The van der Waals surface area contributed by atoms with Crippen LogP contribution < -0.4 is 4.90 Å². The van der Waals surface area contributed by atoms with Gasteiger partial charge in [-0.25, -0.2) is 4.98 Å². The van der Waals surface area contributed by atoms with Crippen molar-refractivity contribution in [2.24, 2.45) is 0 Å². The third-order valence-electron chi connectivity index (χ3n) is 2.63. The SMILES string of the molecule is [CH]1CCN(c2nc3ccccc3[nH]2)C1. The lowest BCUT2D eigenvalue weighted by atomic mass is 10.3. The van der Waals surface area contributed by atoms with Gasteiger partial charge in [-0.3, -0.25) is 0 Å². The molecule has 71 valence electrons. The standard InChI is InChI=1S/C11H12N3/c1-2-6-10-9(5-1)12-11(13-10)14-7-3-4-8-14/h1-3,5-6H,4,7-8H2,(H,12,13). The van der Waals surface area contributed by atoms with Gasteiger partial charge in [0.05, 0.1) is 11.0 Å². The summed E-state index contributed by atoms with van der Waals surface area (Å²) in [4.78, 5) is 10.1. The van der Waals surface area contributed by atoms with Crippen molar-refractivity contribution in [1.29, 1.82) is 0 Å². The van der Waals surface area contributed by atoms with Crippen LogP contribution in [0.15, 0.2) is 24.3 Å². The number of nitrogens with one attached hydrogen (secondary N) is 1. The quantitative estimate of drug-likeness (QED) is 0.738. The molecule has 0 atom stereocenters. The summed E-state index contributed by atoms with van der Waals surface area (Å²) >= 11 is 0. The second-order valence-corrected chi connectivity index (χ2v) is 3.60. The molecule has 0 saturated carbocycles. The maximum atomic E-state index is 4.55. The minimum atomic E-state index is 1.000. The number of nitrogens with zero attached hydrogens (tertiary/aromatic N) is 2. The molecule has 0 unspecified atom stereocenters. The minimum absolute atomic E-state index is 1.000. The Hall–Kier alpha value is -1.51. The predicted octanol–water partition coefficient (Wildman–Crippen LogP) is 1.98. The van der Waals surface area contributed by atoms with Crippen molar-refractivity contribution < 1.29 is 0 Å². The molecule has 0 spiro atoms. The molecule has 1 N–H and O–H groups in total. The molecule has 2 heterocycles. The molecule has 0 amide bonds. The molecular weight excluding hydrogens is 174 g/mol. The Balaban J connectivity index is 2.05. The summed E-state index contributed by atoms with van der Waals surface area (Å²) < 4.78 is 0. The maximum absolute atomic E-state index is 4.55. The molecule has 1 aromatic carbocycles. The molecule has 1 aromatic heterocycles. The third-order valence-corrected chi connectivity index (χ3v) is 2.63. The number of anilines is 1. The molecule has 1 fully saturated rings. The molecule has 3 nitrogen and oxygen atoms in total. The van der Waals surface area contributed by atoms with E-state index >= 15 is 0 Å². The van der Waals surface area contributed by atoms with Crippen LogP contribution in [0.4, 0.5) is 5.95 Å². The molecule has 2 aromatic rings. The first-order valence-corrected chi connectivity index (χ1v) is 4.95. The van der Waals surface area contributed by atoms with Crippen LogP contribution in [0.25, 0.3) is 11.0 Å². The van der Waals surface area contributed by atoms with Gasteiger partial charge in [0.1, 0.15) is 0 Å². The van der Waals surface area contributed by atoms with Crippen molar-refractivity contribution in [2.75, 3.05) is 18.0 Å². The lowest BCUT2D eigenvalue weighted by Crippen LogP contribution is -2.18. The van der Waals surface area contributed by atoms with Crippen molar-refractivity contribution in [1.82, 2.24) is 9.97 Å². The summed E-state index contributed by atoms with van der Waals surface area (Å²) in [7, 11) is 0. The Morgan fingerprint density at radius 2 is 2.21 bits per heavy atom. The van der Waals surface area contributed by atoms with E-state index in [1.807, 2.05) is 18.2 Å². The van der Waals surface area contributed by atoms with Gasteiger partial charge in [0, 0.05) is 13.1 Å². The van der Waals surface area contributed by atoms with Crippen LogP contribution in [-0.2, 0) is 0 Å². The number of aromatic nitrogens is 2. The van der Waals surface area contributed by atoms with E-state index in [1.54, 1.807) is 0 Å². The van der Waals surface area contributed by atoms with Gasteiger partial charge in [0.25, 0.3) is 0 Å². The fraction of sp³-hybridized carbons (Fsp3) is 0.273. The van der Waals surface area contributed by atoms with Crippen LogP contribution in [-0.4, -0.2) is 23.1 Å². The minimum Gasteiger partial charge on any atom is -0.342 e. The lowest BCUT2D eigenvalue weighted by molar-refractivity contribution is 0.924. The number of fused-ring (bicyclic) bond motifs is 1. The molecular formula is C11H12N3. The monoisotopic (exact) mass is 186 g/mol. The second kappa shape index (κ2) is 3.01. The summed E-state index contributed by atoms with van der Waals surface area (Å²) in [6.07, 6.45) is 3.45. The van der Waals surface area contributed by atoms with Crippen molar-refractivity contribution in [2.45, 2.75) is 6.42 Å². The number of H-pyrrole nitrogens is 1. The number of aromatic amines is 1. The molecule has 14 heavy (non-hydrogen) atoms. The first-order chi connectivity index (χ1) is 6.93. The number of hydrogen-bond acceptors (Lipinski definition) is 2. The molecule has 0 aliphatic carbocycles. The molecule has 1 saturated heterocycles. The molecule has 3 heteroatoms. The van der Waals surface area contributed by atoms with Gasteiger partial charge in [0.15, 0.2) is 0 Å². The van der Waals surface area contributed by atoms with E-state index in [-0.39, 0.29) is 0 Å². The molecule has 1 aliphatic rings. The van der Waals surface area contributed by atoms with Crippen molar-refractivity contribution in [3.63, 3.8) is 0 Å². The molecule has 0 bridgehead atoms. The predicted molar refractivity (Wildman–Crippen MR) is 57.2 cm³/mol. The van der Waals surface area contributed by atoms with E-state index in [0.29, 0.717) is 0 Å². The van der Waals surface area contributed by atoms with Crippen molar-refractivity contribution in [3.05, 3.63) is 30.7 Å². The topological polar surface area (TPSA) is 31.9 Å².